The Morgan fingerprint density at radius 1 is 1.30 bits per heavy atom. The number of ether oxygens (including phenoxy) is 1. The fraction of sp³-hybridized carbons (Fsp3) is 0.353. The zero-order valence-corrected chi connectivity index (χ0v) is 15.1. The lowest BCUT2D eigenvalue weighted by molar-refractivity contribution is -0.125. The molecule has 124 valence electrons. The van der Waals surface area contributed by atoms with E-state index in [0.717, 1.165) is 20.5 Å². The predicted molar refractivity (Wildman–Crippen MR) is 95.1 cm³/mol. The van der Waals surface area contributed by atoms with Crippen molar-refractivity contribution >= 4 is 28.8 Å². The van der Waals surface area contributed by atoms with Crippen LogP contribution >= 0.6 is 22.9 Å². The van der Waals surface area contributed by atoms with Gasteiger partial charge in [0, 0.05) is 18.0 Å². The van der Waals surface area contributed by atoms with Crippen molar-refractivity contribution in [2.75, 3.05) is 14.2 Å². The summed E-state index contributed by atoms with van der Waals surface area (Å²) in [6, 6.07) is 11.3. The van der Waals surface area contributed by atoms with Gasteiger partial charge in [-0.2, -0.15) is 0 Å². The van der Waals surface area contributed by atoms with Gasteiger partial charge in [-0.1, -0.05) is 23.7 Å². The molecule has 1 aromatic carbocycles. The lowest BCUT2D eigenvalue weighted by Gasteiger charge is -2.23. The van der Waals surface area contributed by atoms with Crippen LogP contribution in [0.15, 0.2) is 36.4 Å². The molecule has 1 N–H and O–H groups in total. The molecule has 23 heavy (non-hydrogen) atoms. The molecule has 0 aliphatic carbocycles. The second kappa shape index (κ2) is 8.34. The molecule has 4 nitrogen and oxygen atoms in total. The van der Waals surface area contributed by atoms with E-state index in [9.17, 15) is 4.79 Å². The van der Waals surface area contributed by atoms with Crippen LogP contribution in [0.3, 0.4) is 0 Å². The Labute approximate surface area is 146 Å². The van der Waals surface area contributed by atoms with Crippen molar-refractivity contribution in [3.8, 4) is 5.75 Å². The summed E-state index contributed by atoms with van der Waals surface area (Å²) in [7, 11) is 3.57. The number of carbonyl (C=O) groups is 1. The van der Waals surface area contributed by atoms with Gasteiger partial charge in [0.05, 0.1) is 17.5 Å². The van der Waals surface area contributed by atoms with E-state index in [4.69, 9.17) is 16.3 Å². The number of likely N-dealkylation sites (N-methyl/N-ethyl adjacent to an activating group) is 1. The van der Waals surface area contributed by atoms with Crippen LogP contribution in [0.2, 0.25) is 4.34 Å². The maximum atomic E-state index is 12.3. The van der Waals surface area contributed by atoms with Crippen LogP contribution in [-0.2, 0) is 17.9 Å². The first-order chi connectivity index (χ1) is 11.0. The first-order valence-electron chi connectivity index (χ1n) is 7.34. The Morgan fingerprint density at radius 3 is 2.57 bits per heavy atom. The number of halogens is 1. The molecule has 0 saturated carbocycles. The summed E-state index contributed by atoms with van der Waals surface area (Å²) in [5.41, 5.74) is 1.04. The molecule has 0 saturated heterocycles. The van der Waals surface area contributed by atoms with E-state index < -0.39 is 0 Å². The van der Waals surface area contributed by atoms with Gasteiger partial charge in [0.2, 0.25) is 5.91 Å². The van der Waals surface area contributed by atoms with E-state index in [1.807, 2.05) is 55.3 Å². The summed E-state index contributed by atoms with van der Waals surface area (Å²) in [4.78, 5) is 15.4. The minimum Gasteiger partial charge on any atom is -0.497 e. The molecule has 1 amide bonds. The molecule has 2 aromatic rings. The van der Waals surface area contributed by atoms with Crippen LogP contribution in [0, 0.1) is 0 Å². The number of hydrogen-bond donors (Lipinski definition) is 1. The fourth-order valence-corrected chi connectivity index (χ4v) is 3.25. The van der Waals surface area contributed by atoms with Crippen LogP contribution < -0.4 is 10.1 Å². The van der Waals surface area contributed by atoms with Crippen molar-refractivity contribution in [1.82, 2.24) is 10.2 Å². The van der Waals surface area contributed by atoms with Gasteiger partial charge >= 0.3 is 0 Å². The molecule has 0 radical (unpaired) electrons. The largest absolute Gasteiger partial charge is 0.497 e. The van der Waals surface area contributed by atoms with Crippen molar-refractivity contribution in [1.29, 1.82) is 0 Å². The molecule has 1 heterocycles. The van der Waals surface area contributed by atoms with E-state index in [1.165, 1.54) is 11.3 Å². The number of thiophene rings is 1. The van der Waals surface area contributed by atoms with Crippen molar-refractivity contribution in [3.05, 3.63) is 51.2 Å². The zero-order valence-electron chi connectivity index (χ0n) is 13.5. The molecule has 0 fully saturated rings. The summed E-state index contributed by atoms with van der Waals surface area (Å²) >= 11 is 7.48. The number of nitrogens with one attached hydrogen (secondary N) is 1. The normalized spacial score (nSPS) is 12.2. The van der Waals surface area contributed by atoms with Gasteiger partial charge in [-0.3, -0.25) is 9.69 Å². The molecule has 0 unspecified atom stereocenters. The summed E-state index contributed by atoms with van der Waals surface area (Å²) in [6.07, 6.45) is 0. The third-order valence-corrected chi connectivity index (χ3v) is 4.92. The Balaban J connectivity index is 1.83. The minimum absolute atomic E-state index is 0.00553. The van der Waals surface area contributed by atoms with E-state index in [0.29, 0.717) is 13.1 Å². The number of carbonyl (C=O) groups excluding carboxylic acids is 1. The minimum atomic E-state index is -0.214. The molecule has 1 aromatic heterocycles. The van der Waals surface area contributed by atoms with Crippen LogP contribution in [0.1, 0.15) is 17.4 Å². The predicted octanol–water partition coefficient (Wildman–Crippen LogP) is 3.55. The number of nitrogens with zero attached hydrogens (tertiary/aromatic N) is 1. The highest BCUT2D eigenvalue weighted by Gasteiger charge is 2.18. The molecular weight excluding hydrogens is 332 g/mol. The van der Waals surface area contributed by atoms with Crippen LogP contribution in [-0.4, -0.2) is 31.0 Å². The first-order valence-corrected chi connectivity index (χ1v) is 8.54. The lowest BCUT2D eigenvalue weighted by atomic mass is 10.2. The van der Waals surface area contributed by atoms with Crippen LogP contribution in [0.25, 0.3) is 0 Å². The molecular formula is C17H21ClN2O2S. The van der Waals surface area contributed by atoms with Crippen LogP contribution in [0.4, 0.5) is 0 Å². The van der Waals surface area contributed by atoms with E-state index in [2.05, 4.69) is 5.32 Å². The second-order valence-electron chi connectivity index (χ2n) is 5.36. The number of methoxy groups -OCH3 is 1. The summed E-state index contributed by atoms with van der Waals surface area (Å²) in [5.74, 6) is 0.814. The molecule has 0 bridgehead atoms. The highest BCUT2D eigenvalue weighted by atomic mass is 35.5. The molecule has 0 spiro atoms. The third kappa shape index (κ3) is 5.23. The van der Waals surface area contributed by atoms with E-state index >= 15 is 0 Å². The average molecular weight is 353 g/mol. The Kier molecular flexibility index (Phi) is 6.45. The van der Waals surface area contributed by atoms with Gasteiger partial charge in [0.15, 0.2) is 0 Å². The number of benzene rings is 1. The monoisotopic (exact) mass is 352 g/mol. The topological polar surface area (TPSA) is 41.6 Å². The Hall–Kier alpha value is -1.56. The van der Waals surface area contributed by atoms with E-state index in [-0.39, 0.29) is 11.9 Å². The van der Waals surface area contributed by atoms with Gasteiger partial charge < -0.3 is 10.1 Å². The highest BCUT2D eigenvalue weighted by Crippen LogP contribution is 2.22. The maximum Gasteiger partial charge on any atom is 0.237 e. The number of rotatable bonds is 7. The number of hydrogen-bond acceptors (Lipinski definition) is 4. The average Bonchev–Trinajstić information content (AvgIpc) is 2.97. The number of amides is 1. The quantitative estimate of drug-likeness (QED) is 0.828. The third-order valence-electron chi connectivity index (χ3n) is 3.70. The molecule has 0 aliphatic rings. The van der Waals surface area contributed by atoms with Gasteiger partial charge in [-0.25, -0.2) is 0 Å². The maximum absolute atomic E-state index is 12.3. The van der Waals surface area contributed by atoms with Crippen molar-refractivity contribution in [2.45, 2.75) is 26.1 Å². The molecule has 2 rings (SSSR count). The van der Waals surface area contributed by atoms with Crippen LogP contribution in [0.5, 0.6) is 5.75 Å². The summed E-state index contributed by atoms with van der Waals surface area (Å²) in [5, 5.41) is 2.96. The second-order valence-corrected chi connectivity index (χ2v) is 7.16. The van der Waals surface area contributed by atoms with E-state index in [1.54, 1.807) is 7.11 Å². The SMILES string of the molecule is COc1ccc(CNC(=O)[C@H](C)N(C)Cc2ccc(Cl)s2)cc1. The molecule has 1 atom stereocenters. The van der Waals surface area contributed by atoms with Crippen molar-refractivity contribution in [3.63, 3.8) is 0 Å². The first kappa shape index (κ1) is 17.8. The summed E-state index contributed by atoms with van der Waals surface area (Å²) in [6.45, 7) is 3.11. The zero-order chi connectivity index (χ0) is 16.8. The lowest BCUT2D eigenvalue weighted by Crippen LogP contribution is -2.42. The van der Waals surface area contributed by atoms with Gasteiger partial charge in [-0.05, 0) is 43.8 Å². The highest BCUT2D eigenvalue weighted by molar-refractivity contribution is 7.16. The van der Waals surface area contributed by atoms with Crippen molar-refractivity contribution in [2.24, 2.45) is 0 Å². The van der Waals surface area contributed by atoms with Crippen molar-refractivity contribution < 1.29 is 9.53 Å². The Bertz CT molecular complexity index is 642. The molecule has 6 heteroatoms. The summed E-state index contributed by atoms with van der Waals surface area (Å²) < 4.78 is 5.89. The smallest absolute Gasteiger partial charge is 0.237 e. The standard InChI is InChI=1S/C17H21ClN2O2S/c1-12(20(2)11-15-8-9-16(18)23-15)17(21)19-10-13-4-6-14(22-3)7-5-13/h4-9,12H,10-11H2,1-3H3,(H,19,21)/t12-/m0/s1. The van der Waals surface area contributed by atoms with Gasteiger partial charge in [-0.15, -0.1) is 11.3 Å². The van der Waals surface area contributed by atoms with Gasteiger partial charge in [0.1, 0.15) is 5.75 Å². The Morgan fingerprint density at radius 2 is 2.00 bits per heavy atom. The molecule has 0 aliphatic heterocycles. The van der Waals surface area contributed by atoms with Gasteiger partial charge in [0.25, 0.3) is 0 Å². The fourth-order valence-electron chi connectivity index (χ4n) is 2.10.